The summed E-state index contributed by atoms with van der Waals surface area (Å²) in [5.74, 6) is 1.63. The van der Waals surface area contributed by atoms with E-state index in [2.05, 4.69) is 17.4 Å². The lowest BCUT2D eigenvalue weighted by atomic mass is 10.0. The molecule has 0 aliphatic carbocycles. The molecule has 5 aromatic rings. The van der Waals surface area contributed by atoms with E-state index in [0.717, 1.165) is 40.2 Å². The topological polar surface area (TPSA) is 58.6 Å². The van der Waals surface area contributed by atoms with Crippen molar-refractivity contribution < 1.29 is 14.3 Å². The number of rotatable bonds is 11. The number of thioether (sulfide) groups is 1. The summed E-state index contributed by atoms with van der Waals surface area (Å²) < 4.78 is 6.10. The van der Waals surface area contributed by atoms with Crippen LogP contribution in [0.1, 0.15) is 32.6 Å². The number of para-hydroxylation sites is 1. The van der Waals surface area contributed by atoms with Crippen LogP contribution in [0.4, 0.5) is 11.4 Å². The Labute approximate surface area is 262 Å². The van der Waals surface area contributed by atoms with Crippen LogP contribution in [0, 0.1) is 0 Å². The van der Waals surface area contributed by atoms with Crippen molar-refractivity contribution in [3.8, 4) is 5.75 Å². The average molecular weight is 599 g/mol. The molecular weight excluding hydrogens is 564 g/mol. The summed E-state index contributed by atoms with van der Waals surface area (Å²) in [6.07, 6.45) is 1.51. The fraction of sp³-hybridized carbons (Fsp3) is 0.158. The number of fused-ring (bicyclic) bond motifs is 1. The highest BCUT2D eigenvalue weighted by molar-refractivity contribution is 8.00. The lowest BCUT2D eigenvalue weighted by Crippen LogP contribution is -2.39. The second-order valence-corrected chi connectivity index (χ2v) is 11.9. The number of nitrogens with zero attached hydrogens (tertiary/aromatic N) is 1. The van der Waals surface area contributed by atoms with Crippen molar-refractivity contribution >= 4 is 35.0 Å². The quantitative estimate of drug-likeness (QED) is 0.169. The Morgan fingerprint density at radius 3 is 2.09 bits per heavy atom. The van der Waals surface area contributed by atoms with E-state index in [4.69, 9.17) is 4.74 Å². The maximum Gasteiger partial charge on any atom is 0.258 e. The number of hydrogen-bond donors (Lipinski definition) is 1. The molecule has 1 unspecified atom stereocenters. The molecule has 0 fully saturated rings. The SMILES string of the molecule is O=C(CSCC1Cc2cc(OCc3ccccc3)ccc2N1C(=O)c1ccc(Cc2ccccc2)cc1)Nc1ccccc1. The molecule has 0 radical (unpaired) electrons. The largest absolute Gasteiger partial charge is 0.489 e. The molecule has 5 aromatic carbocycles. The monoisotopic (exact) mass is 598 g/mol. The minimum absolute atomic E-state index is 0.0349. The van der Waals surface area contributed by atoms with E-state index in [1.807, 2.05) is 126 Å². The van der Waals surface area contributed by atoms with Gasteiger partial charge in [-0.2, -0.15) is 0 Å². The van der Waals surface area contributed by atoms with Gasteiger partial charge in [-0.25, -0.2) is 0 Å². The second kappa shape index (κ2) is 14.1. The Morgan fingerprint density at radius 2 is 1.39 bits per heavy atom. The molecule has 0 spiro atoms. The van der Waals surface area contributed by atoms with Crippen LogP contribution in [0.2, 0.25) is 0 Å². The third-order valence-corrected chi connectivity index (χ3v) is 8.74. The van der Waals surface area contributed by atoms with Gasteiger partial charge in [-0.1, -0.05) is 91.0 Å². The van der Waals surface area contributed by atoms with E-state index in [1.54, 1.807) is 11.8 Å². The zero-order valence-electron chi connectivity index (χ0n) is 24.4. The first kappa shape index (κ1) is 29.3. The summed E-state index contributed by atoms with van der Waals surface area (Å²) in [6, 6.07) is 43.7. The van der Waals surface area contributed by atoms with Gasteiger partial charge in [0.05, 0.1) is 11.8 Å². The molecule has 1 heterocycles. The summed E-state index contributed by atoms with van der Waals surface area (Å²) in [4.78, 5) is 28.5. The van der Waals surface area contributed by atoms with Gasteiger partial charge in [0.15, 0.2) is 0 Å². The summed E-state index contributed by atoms with van der Waals surface area (Å²) in [5, 5.41) is 2.94. The number of hydrogen-bond acceptors (Lipinski definition) is 4. The first-order valence-electron chi connectivity index (χ1n) is 14.8. The van der Waals surface area contributed by atoms with Gasteiger partial charge in [-0.05, 0) is 77.6 Å². The Morgan fingerprint density at radius 1 is 0.750 bits per heavy atom. The molecule has 0 bridgehead atoms. The number of nitrogens with one attached hydrogen (secondary N) is 1. The van der Waals surface area contributed by atoms with Gasteiger partial charge in [0.1, 0.15) is 12.4 Å². The van der Waals surface area contributed by atoms with Crippen molar-refractivity contribution in [2.75, 3.05) is 21.7 Å². The number of ether oxygens (including phenoxy) is 1. The van der Waals surface area contributed by atoms with Crippen LogP contribution in [0.25, 0.3) is 0 Å². The minimum atomic E-state index is -0.0830. The zero-order valence-corrected chi connectivity index (χ0v) is 25.2. The van der Waals surface area contributed by atoms with Crippen LogP contribution >= 0.6 is 11.8 Å². The lowest BCUT2D eigenvalue weighted by Gasteiger charge is -2.26. The maximum atomic E-state index is 14.0. The van der Waals surface area contributed by atoms with Crippen LogP contribution in [0.15, 0.2) is 133 Å². The highest BCUT2D eigenvalue weighted by Crippen LogP contribution is 2.37. The van der Waals surface area contributed by atoms with Crippen LogP contribution < -0.4 is 15.0 Å². The fourth-order valence-corrected chi connectivity index (χ4v) is 6.40. The molecular formula is C38H34N2O3S. The molecule has 1 atom stereocenters. The van der Waals surface area contributed by atoms with Gasteiger partial charge >= 0.3 is 0 Å². The molecule has 1 N–H and O–H groups in total. The molecule has 1 aliphatic rings. The van der Waals surface area contributed by atoms with Crippen molar-refractivity contribution in [2.45, 2.75) is 25.5 Å². The third-order valence-electron chi connectivity index (χ3n) is 7.65. The molecule has 44 heavy (non-hydrogen) atoms. The Balaban J connectivity index is 1.17. The van der Waals surface area contributed by atoms with E-state index in [-0.39, 0.29) is 17.9 Å². The van der Waals surface area contributed by atoms with Gasteiger partial charge < -0.3 is 15.0 Å². The van der Waals surface area contributed by atoms with E-state index < -0.39 is 0 Å². The Hall–Kier alpha value is -4.81. The van der Waals surface area contributed by atoms with Crippen LogP contribution in [-0.4, -0.2) is 29.4 Å². The number of carbonyl (C=O) groups excluding carboxylic acids is 2. The summed E-state index contributed by atoms with van der Waals surface area (Å²) >= 11 is 1.54. The third kappa shape index (κ3) is 7.39. The highest BCUT2D eigenvalue weighted by atomic mass is 32.2. The predicted molar refractivity (Wildman–Crippen MR) is 180 cm³/mol. The van der Waals surface area contributed by atoms with E-state index in [1.165, 1.54) is 5.56 Å². The van der Waals surface area contributed by atoms with Crippen LogP contribution in [0.5, 0.6) is 5.75 Å². The number of anilines is 2. The molecule has 6 heteroatoms. The standard InChI is InChI=1S/C38H34N2O3S/c41-37(39-33-14-8-3-9-15-33)27-44-26-34-23-32-24-35(43-25-30-12-6-2-7-13-30)20-21-36(32)40(34)38(42)31-18-16-29(17-19-31)22-28-10-4-1-5-11-28/h1-21,24,34H,22-23,25-27H2,(H,39,41). The Bertz CT molecular complexity index is 1690. The summed E-state index contributed by atoms with van der Waals surface area (Å²) in [5.41, 5.74) is 6.89. The van der Waals surface area contributed by atoms with Crippen molar-refractivity contribution in [1.29, 1.82) is 0 Å². The zero-order chi connectivity index (χ0) is 30.1. The summed E-state index contributed by atoms with van der Waals surface area (Å²) in [7, 11) is 0. The highest BCUT2D eigenvalue weighted by Gasteiger charge is 2.34. The van der Waals surface area contributed by atoms with E-state index in [0.29, 0.717) is 30.1 Å². The van der Waals surface area contributed by atoms with Gasteiger partial charge in [0.25, 0.3) is 5.91 Å². The Kier molecular flexibility index (Phi) is 9.38. The summed E-state index contributed by atoms with van der Waals surface area (Å²) in [6.45, 7) is 0.480. The number of benzene rings is 5. The molecule has 1 aliphatic heterocycles. The molecule has 5 nitrogen and oxygen atoms in total. The minimum Gasteiger partial charge on any atom is -0.489 e. The normalized spacial score (nSPS) is 13.7. The molecule has 0 aromatic heterocycles. The van der Waals surface area contributed by atoms with E-state index in [9.17, 15) is 9.59 Å². The first-order valence-corrected chi connectivity index (χ1v) is 16.0. The average Bonchev–Trinajstić information content (AvgIpc) is 3.42. The smallest absolute Gasteiger partial charge is 0.258 e. The van der Waals surface area contributed by atoms with Crippen LogP contribution in [-0.2, 0) is 24.2 Å². The lowest BCUT2D eigenvalue weighted by molar-refractivity contribution is -0.113. The first-order chi connectivity index (χ1) is 21.6. The molecule has 0 saturated heterocycles. The van der Waals surface area contributed by atoms with Gasteiger partial charge in [-0.15, -0.1) is 11.8 Å². The predicted octanol–water partition coefficient (Wildman–Crippen LogP) is 7.80. The van der Waals surface area contributed by atoms with Gasteiger partial charge in [0.2, 0.25) is 5.91 Å². The maximum absolute atomic E-state index is 14.0. The van der Waals surface area contributed by atoms with Crippen molar-refractivity contribution in [3.63, 3.8) is 0 Å². The molecule has 220 valence electrons. The van der Waals surface area contributed by atoms with Crippen molar-refractivity contribution in [1.82, 2.24) is 0 Å². The molecule has 0 saturated carbocycles. The van der Waals surface area contributed by atoms with Gasteiger partial charge in [0, 0.05) is 22.7 Å². The molecule has 2 amide bonds. The van der Waals surface area contributed by atoms with E-state index >= 15 is 0 Å². The van der Waals surface area contributed by atoms with Crippen LogP contribution in [0.3, 0.4) is 0 Å². The number of amides is 2. The second-order valence-electron chi connectivity index (χ2n) is 10.9. The fourth-order valence-electron chi connectivity index (χ4n) is 5.48. The van der Waals surface area contributed by atoms with Gasteiger partial charge in [-0.3, -0.25) is 9.59 Å². The van der Waals surface area contributed by atoms with Crippen molar-refractivity contribution in [3.05, 3.63) is 161 Å². The van der Waals surface area contributed by atoms with Crippen molar-refractivity contribution in [2.24, 2.45) is 0 Å². The number of carbonyl (C=O) groups is 2. The molecule has 6 rings (SSSR count).